The minimum atomic E-state index is -0.642. The van der Waals surface area contributed by atoms with Crippen LogP contribution in [-0.2, 0) is 0 Å². The molecule has 0 spiro atoms. The van der Waals surface area contributed by atoms with Crippen molar-refractivity contribution < 1.29 is 8.78 Å². The first kappa shape index (κ1) is 16.1. The topological polar surface area (TPSA) is 24.1 Å². The predicted molar refractivity (Wildman–Crippen MR) is 86.3 cm³/mol. The lowest BCUT2D eigenvalue weighted by Crippen LogP contribution is -2.44. The molecule has 1 fully saturated rings. The maximum absolute atomic E-state index is 13.6. The maximum Gasteiger partial charge on any atom is 0.171 e. The van der Waals surface area contributed by atoms with Gasteiger partial charge in [0.05, 0.1) is 5.69 Å². The van der Waals surface area contributed by atoms with E-state index in [0.29, 0.717) is 11.0 Å². The molecule has 2 atom stereocenters. The second-order valence-corrected chi connectivity index (χ2v) is 7.24. The van der Waals surface area contributed by atoms with Gasteiger partial charge in [-0.2, -0.15) is 0 Å². The van der Waals surface area contributed by atoms with Crippen molar-refractivity contribution in [2.75, 3.05) is 5.32 Å². The molecule has 0 amide bonds. The van der Waals surface area contributed by atoms with E-state index in [1.807, 2.05) is 0 Å². The van der Waals surface area contributed by atoms with E-state index >= 15 is 0 Å². The number of rotatable bonds is 2. The van der Waals surface area contributed by atoms with E-state index < -0.39 is 11.6 Å². The molecule has 0 aliphatic heterocycles. The van der Waals surface area contributed by atoms with Gasteiger partial charge in [0.2, 0.25) is 0 Å². The van der Waals surface area contributed by atoms with Crippen LogP contribution < -0.4 is 10.6 Å². The van der Waals surface area contributed by atoms with Crippen LogP contribution in [0.5, 0.6) is 0 Å². The highest BCUT2D eigenvalue weighted by Crippen LogP contribution is 2.38. The summed E-state index contributed by atoms with van der Waals surface area (Å²) in [6.45, 7) is 6.76. The van der Waals surface area contributed by atoms with Crippen LogP contribution in [0.3, 0.4) is 0 Å². The average Bonchev–Trinajstić information content (AvgIpc) is 2.29. The van der Waals surface area contributed by atoms with Gasteiger partial charge in [0.1, 0.15) is 11.6 Å². The molecular formula is C16H22F2N2S. The average molecular weight is 312 g/mol. The number of halogens is 2. The third-order valence-corrected chi connectivity index (χ3v) is 4.12. The zero-order chi connectivity index (χ0) is 15.6. The standard InChI is InChI=1S/C16H22F2N2S/c1-10-6-12(9-16(2,3)8-10)19-15(21)20-14-5-4-11(17)7-13(14)18/h4-5,7,10,12H,6,8-9H2,1-3H3,(H2,19,20,21). The minimum Gasteiger partial charge on any atom is -0.360 e. The number of anilines is 1. The zero-order valence-electron chi connectivity index (χ0n) is 12.7. The molecule has 5 heteroatoms. The molecule has 0 bridgehead atoms. The Hall–Kier alpha value is -1.23. The monoisotopic (exact) mass is 312 g/mol. The highest BCUT2D eigenvalue weighted by atomic mass is 32.1. The molecule has 1 aromatic rings. The van der Waals surface area contributed by atoms with Crippen LogP contribution in [0.15, 0.2) is 18.2 Å². The van der Waals surface area contributed by atoms with Crippen molar-refractivity contribution in [2.45, 2.75) is 46.1 Å². The summed E-state index contributed by atoms with van der Waals surface area (Å²) < 4.78 is 26.5. The first-order chi connectivity index (χ1) is 9.75. The number of thiocarbonyl (C=S) groups is 1. The molecule has 0 radical (unpaired) electrons. The van der Waals surface area contributed by atoms with Gasteiger partial charge in [-0.1, -0.05) is 20.8 Å². The molecule has 2 unspecified atom stereocenters. The van der Waals surface area contributed by atoms with Gasteiger partial charge < -0.3 is 10.6 Å². The zero-order valence-corrected chi connectivity index (χ0v) is 13.5. The van der Waals surface area contributed by atoms with Gasteiger partial charge in [-0.05, 0) is 54.9 Å². The van der Waals surface area contributed by atoms with Gasteiger partial charge in [-0.25, -0.2) is 8.78 Å². The Balaban J connectivity index is 1.95. The van der Waals surface area contributed by atoms with E-state index in [9.17, 15) is 8.78 Å². The van der Waals surface area contributed by atoms with Crippen LogP contribution in [-0.4, -0.2) is 11.2 Å². The van der Waals surface area contributed by atoms with E-state index in [2.05, 4.69) is 31.4 Å². The number of nitrogens with one attached hydrogen (secondary N) is 2. The van der Waals surface area contributed by atoms with Gasteiger partial charge in [0, 0.05) is 12.1 Å². The highest BCUT2D eigenvalue weighted by molar-refractivity contribution is 7.80. The Bertz CT molecular complexity index is 531. The maximum atomic E-state index is 13.6. The van der Waals surface area contributed by atoms with E-state index in [0.717, 1.165) is 18.9 Å². The van der Waals surface area contributed by atoms with Crippen LogP contribution in [0.4, 0.5) is 14.5 Å². The molecular weight excluding hydrogens is 290 g/mol. The fourth-order valence-corrected chi connectivity index (χ4v) is 3.67. The van der Waals surface area contributed by atoms with Gasteiger partial charge in [0.15, 0.2) is 5.11 Å². The first-order valence-corrected chi connectivity index (χ1v) is 7.68. The second kappa shape index (κ2) is 6.26. The summed E-state index contributed by atoms with van der Waals surface area (Å²) in [4.78, 5) is 0. The van der Waals surface area contributed by atoms with Crippen molar-refractivity contribution in [3.05, 3.63) is 29.8 Å². The SMILES string of the molecule is CC1CC(NC(=S)Nc2ccc(F)cc2F)CC(C)(C)C1. The molecule has 2 N–H and O–H groups in total. The first-order valence-electron chi connectivity index (χ1n) is 7.28. The molecule has 116 valence electrons. The summed E-state index contributed by atoms with van der Waals surface area (Å²) in [7, 11) is 0. The molecule has 0 saturated heterocycles. The van der Waals surface area contributed by atoms with Crippen LogP contribution in [0, 0.1) is 23.0 Å². The molecule has 0 heterocycles. The lowest BCUT2D eigenvalue weighted by molar-refractivity contribution is 0.162. The van der Waals surface area contributed by atoms with Gasteiger partial charge in [-0.15, -0.1) is 0 Å². The molecule has 0 aromatic heterocycles. The Kier molecular flexibility index (Phi) is 4.81. The molecule has 1 aliphatic carbocycles. The van der Waals surface area contributed by atoms with E-state index in [-0.39, 0.29) is 17.1 Å². The number of hydrogen-bond acceptors (Lipinski definition) is 1. The second-order valence-electron chi connectivity index (χ2n) is 6.83. The van der Waals surface area contributed by atoms with Gasteiger partial charge in [-0.3, -0.25) is 0 Å². The summed E-state index contributed by atoms with van der Waals surface area (Å²) in [6.07, 6.45) is 3.29. The molecule has 2 nitrogen and oxygen atoms in total. The van der Waals surface area contributed by atoms with Crippen LogP contribution in [0.2, 0.25) is 0 Å². The molecule has 1 aromatic carbocycles. The number of benzene rings is 1. The lowest BCUT2D eigenvalue weighted by Gasteiger charge is -2.39. The van der Waals surface area contributed by atoms with Crippen molar-refractivity contribution in [2.24, 2.45) is 11.3 Å². The van der Waals surface area contributed by atoms with Crippen LogP contribution in [0.25, 0.3) is 0 Å². The van der Waals surface area contributed by atoms with Crippen LogP contribution in [0.1, 0.15) is 40.0 Å². The fourth-order valence-electron chi connectivity index (χ4n) is 3.39. The third-order valence-electron chi connectivity index (χ3n) is 3.90. The fraction of sp³-hybridized carbons (Fsp3) is 0.562. The van der Waals surface area contributed by atoms with Gasteiger partial charge >= 0.3 is 0 Å². The Morgan fingerprint density at radius 2 is 2.00 bits per heavy atom. The minimum absolute atomic E-state index is 0.192. The molecule has 2 rings (SSSR count). The smallest absolute Gasteiger partial charge is 0.171 e. The largest absolute Gasteiger partial charge is 0.360 e. The van der Waals surface area contributed by atoms with E-state index in [1.165, 1.54) is 18.6 Å². The predicted octanol–water partition coefficient (Wildman–Crippen LogP) is 4.47. The van der Waals surface area contributed by atoms with Crippen molar-refractivity contribution >= 4 is 23.0 Å². The summed E-state index contributed by atoms with van der Waals surface area (Å²) >= 11 is 5.24. The van der Waals surface area contributed by atoms with E-state index in [1.54, 1.807) is 0 Å². The Morgan fingerprint density at radius 3 is 2.62 bits per heavy atom. The van der Waals surface area contributed by atoms with Crippen molar-refractivity contribution in [1.29, 1.82) is 0 Å². The third kappa shape index (κ3) is 4.63. The van der Waals surface area contributed by atoms with Crippen molar-refractivity contribution in [3.8, 4) is 0 Å². The van der Waals surface area contributed by atoms with Crippen molar-refractivity contribution in [1.82, 2.24) is 5.32 Å². The van der Waals surface area contributed by atoms with Crippen molar-refractivity contribution in [3.63, 3.8) is 0 Å². The van der Waals surface area contributed by atoms with E-state index in [4.69, 9.17) is 12.2 Å². The summed E-state index contributed by atoms with van der Waals surface area (Å²) in [5.41, 5.74) is 0.475. The Morgan fingerprint density at radius 1 is 1.29 bits per heavy atom. The normalized spacial score (nSPS) is 24.4. The summed E-state index contributed by atoms with van der Waals surface area (Å²) in [6, 6.07) is 3.69. The number of hydrogen-bond donors (Lipinski definition) is 2. The summed E-state index contributed by atoms with van der Waals surface area (Å²) in [5, 5.41) is 6.45. The van der Waals surface area contributed by atoms with Crippen LogP contribution >= 0.6 is 12.2 Å². The molecule has 1 saturated carbocycles. The van der Waals surface area contributed by atoms with Gasteiger partial charge in [0.25, 0.3) is 0 Å². The summed E-state index contributed by atoms with van der Waals surface area (Å²) in [5.74, 6) is -0.604. The quantitative estimate of drug-likeness (QED) is 0.788. The highest BCUT2D eigenvalue weighted by Gasteiger charge is 2.32. The molecule has 21 heavy (non-hydrogen) atoms. The lowest BCUT2D eigenvalue weighted by atomic mass is 9.71. The molecule has 1 aliphatic rings. The Labute approximate surface area is 130 Å².